The van der Waals surface area contributed by atoms with E-state index in [0.29, 0.717) is 5.75 Å². The van der Waals surface area contributed by atoms with Gasteiger partial charge in [0.25, 0.3) is 0 Å². The van der Waals surface area contributed by atoms with Gasteiger partial charge in [0.15, 0.2) is 0 Å². The second-order valence-electron chi connectivity index (χ2n) is 3.39. The maximum absolute atomic E-state index is 12.5. The summed E-state index contributed by atoms with van der Waals surface area (Å²) in [4.78, 5) is 3.43. The lowest BCUT2D eigenvalue weighted by molar-refractivity contribution is -0.141. The number of aromatic nitrogens is 1. The number of pyridine rings is 1. The molecular formula is C12H7F3INO. The molecule has 1 aromatic carbocycles. The Kier molecular flexibility index (Phi) is 3.74. The highest BCUT2D eigenvalue weighted by molar-refractivity contribution is 14.1. The lowest BCUT2D eigenvalue weighted by atomic mass is 10.3. The average Bonchev–Trinajstić information content (AvgIpc) is 2.31. The first kappa shape index (κ1) is 13.1. The van der Waals surface area contributed by atoms with E-state index >= 15 is 0 Å². The van der Waals surface area contributed by atoms with Gasteiger partial charge in [-0.05, 0) is 40.8 Å². The van der Waals surface area contributed by atoms with E-state index in [4.69, 9.17) is 4.74 Å². The average molecular weight is 365 g/mol. The molecule has 0 fully saturated rings. The fourth-order valence-corrected chi connectivity index (χ4v) is 1.77. The van der Waals surface area contributed by atoms with Crippen molar-refractivity contribution in [3.8, 4) is 11.6 Å². The normalized spacial score (nSPS) is 11.3. The second-order valence-corrected chi connectivity index (χ2v) is 4.55. The zero-order valence-electron chi connectivity index (χ0n) is 8.91. The number of rotatable bonds is 2. The van der Waals surface area contributed by atoms with Gasteiger partial charge in [0.05, 0.1) is 3.57 Å². The van der Waals surface area contributed by atoms with Crippen LogP contribution in [0.25, 0.3) is 0 Å². The Morgan fingerprint density at radius 3 is 2.39 bits per heavy atom. The van der Waals surface area contributed by atoms with Crippen LogP contribution in [0.3, 0.4) is 0 Å². The molecule has 0 radical (unpaired) electrons. The first-order chi connectivity index (χ1) is 8.47. The molecule has 0 amide bonds. The van der Waals surface area contributed by atoms with Crippen molar-refractivity contribution in [1.82, 2.24) is 4.98 Å². The molecule has 2 nitrogen and oxygen atoms in total. The van der Waals surface area contributed by atoms with Crippen molar-refractivity contribution < 1.29 is 17.9 Å². The van der Waals surface area contributed by atoms with E-state index in [1.807, 2.05) is 28.7 Å². The minimum absolute atomic E-state index is 0.0751. The van der Waals surface area contributed by atoms with Crippen LogP contribution in [0.1, 0.15) is 5.69 Å². The summed E-state index contributed by atoms with van der Waals surface area (Å²) in [5.74, 6) is 0.402. The van der Waals surface area contributed by atoms with Crippen LogP contribution in [-0.2, 0) is 6.18 Å². The monoisotopic (exact) mass is 365 g/mol. The molecule has 0 saturated carbocycles. The van der Waals surface area contributed by atoms with Crippen molar-refractivity contribution in [2.45, 2.75) is 6.18 Å². The SMILES string of the molecule is FC(F)(F)c1cccc(Oc2ccccc2I)n1. The molecule has 2 aromatic rings. The lowest BCUT2D eigenvalue weighted by Gasteiger charge is -2.09. The largest absolute Gasteiger partial charge is 0.438 e. The Hall–Kier alpha value is -1.31. The molecule has 0 aliphatic rings. The van der Waals surface area contributed by atoms with Crippen LogP contribution in [0.2, 0.25) is 0 Å². The molecule has 0 atom stereocenters. The summed E-state index contributed by atoms with van der Waals surface area (Å²) in [5.41, 5.74) is -0.967. The van der Waals surface area contributed by atoms with Gasteiger partial charge in [-0.25, -0.2) is 4.98 Å². The second kappa shape index (κ2) is 5.13. The molecule has 0 aliphatic heterocycles. The van der Waals surface area contributed by atoms with Crippen molar-refractivity contribution in [1.29, 1.82) is 0 Å². The van der Waals surface area contributed by atoms with Gasteiger partial charge < -0.3 is 4.74 Å². The molecule has 18 heavy (non-hydrogen) atoms. The Bertz CT molecular complexity index is 557. The molecule has 0 saturated heterocycles. The zero-order valence-corrected chi connectivity index (χ0v) is 11.1. The summed E-state index contributed by atoms with van der Waals surface area (Å²) in [6, 6.07) is 10.6. The molecule has 0 N–H and O–H groups in total. The van der Waals surface area contributed by atoms with Crippen LogP contribution >= 0.6 is 22.6 Å². The number of alkyl halides is 3. The van der Waals surface area contributed by atoms with E-state index in [1.165, 1.54) is 12.1 Å². The van der Waals surface area contributed by atoms with Gasteiger partial charge >= 0.3 is 6.18 Å². The molecule has 0 aliphatic carbocycles. The first-order valence-electron chi connectivity index (χ1n) is 4.93. The molecular weight excluding hydrogens is 358 g/mol. The number of halogens is 4. The number of hydrogen-bond donors (Lipinski definition) is 0. The van der Waals surface area contributed by atoms with E-state index in [9.17, 15) is 13.2 Å². The van der Waals surface area contributed by atoms with Gasteiger partial charge in [-0.3, -0.25) is 0 Å². The zero-order chi connectivity index (χ0) is 13.2. The predicted molar refractivity (Wildman–Crippen MR) is 68.5 cm³/mol. The smallest absolute Gasteiger partial charge is 0.433 e. The van der Waals surface area contributed by atoms with Crippen molar-refractivity contribution >= 4 is 22.6 Å². The quantitative estimate of drug-likeness (QED) is 0.732. The fraction of sp³-hybridized carbons (Fsp3) is 0.0833. The van der Waals surface area contributed by atoms with E-state index in [0.717, 1.165) is 9.64 Å². The highest BCUT2D eigenvalue weighted by atomic mass is 127. The van der Waals surface area contributed by atoms with Gasteiger partial charge in [-0.2, -0.15) is 13.2 Å². The standard InChI is InChI=1S/C12H7F3INO/c13-12(14,15)10-6-3-7-11(17-10)18-9-5-2-1-4-8(9)16/h1-7H. The maximum Gasteiger partial charge on any atom is 0.433 e. The van der Waals surface area contributed by atoms with E-state index in [1.54, 1.807) is 18.2 Å². The van der Waals surface area contributed by atoms with Crippen LogP contribution < -0.4 is 4.74 Å². The van der Waals surface area contributed by atoms with Crippen molar-refractivity contribution in [3.63, 3.8) is 0 Å². The van der Waals surface area contributed by atoms with Gasteiger partial charge in [0, 0.05) is 6.07 Å². The number of nitrogens with zero attached hydrogens (tertiary/aromatic N) is 1. The summed E-state index contributed by atoms with van der Waals surface area (Å²) in [6.07, 6.45) is -4.47. The Morgan fingerprint density at radius 1 is 1.00 bits per heavy atom. The first-order valence-corrected chi connectivity index (χ1v) is 6.01. The third-order valence-electron chi connectivity index (χ3n) is 2.07. The van der Waals surface area contributed by atoms with Crippen LogP contribution in [-0.4, -0.2) is 4.98 Å². The van der Waals surface area contributed by atoms with Crippen molar-refractivity contribution in [3.05, 3.63) is 51.7 Å². The summed E-state index contributed by atoms with van der Waals surface area (Å²) in [5, 5.41) is 0. The summed E-state index contributed by atoms with van der Waals surface area (Å²) in [7, 11) is 0. The third kappa shape index (κ3) is 3.12. The summed E-state index contributed by atoms with van der Waals surface area (Å²) < 4.78 is 43.5. The number of hydrogen-bond acceptors (Lipinski definition) is 2. The molecule has 0 spiro atoms. The summed E-state index contributed by atoms with van der Waals surface area (Å²) >= 11 is 2.04. The summed E-state index contributed by atoms with van der Waals surface area (Å²) in [6.45, 7) is 0. The topological polar surface area (TPSA) is 22.1 Å². The molecule has 6 heteroatoms. The van der Waals surface area contributed by atoms with E-state index in [-0.39, 0.29) is 5.88 Å². The highest BCUT2D eigenvalue weighted by Gasteiger charge is 2.32. The number of benzene rings is 1. The van der Waals surface area contributed by atoms with Crippen LogP contribution in [0.4, 0.5) is 13.2 Å². The molecule has 94 valence electrons. The predicted octanol–water partition coefficient (Wildman–Crippen LogP) is 4.50. The minimum atomic E-state index is -4.47. The van der Waals surface area contributed by atoms with Gasteiger partial charge in [0.1, 0.15) is 11.4 Å². The molecule has 1 aromatic heterocycles. The van der Waals surface area contributed by atoms with Gasteiger partial charge in [0.2, 0.25) is 5.88 Å². The minimum Gasteiger partial charge on any atom is -0.438 e. The fourth-order valence-electron chi connectivity index (χ4n) is 1.27. The van der Waals surface area contributed by atoms with Gasteiger partial charge in [-0.1, -0.05) is 18.2 Å². The Balaban J connectivity index is 2.28. The Labute approximate surface area is 115 Å². The molecule has 0 unspecified atom stereocenters. The highest BCUT2D eigenvalue weighted by Crippen LogP contribution is 2.30. The lowest BCUT2D eigenvalue weighted by Crippen LogP contribution is -2.08. The van der Waals surface area contributed by atoms with Gasteiger partial charge in [-0.15, -0.1) is 0 Å². The van der Waals surface area contributed by atoms with E-state index < -0.39 is 11.9 Å². The number of ether oxygens (including phenoxy) is 1. The molecule has 1 heterocycles. The molecule has 2 rings (SSSR count). The van der Waals surface area contributed by atoms with Crippen LogP contribution in [0.5, 0.6) is 11.6 Å². The maximum atomic E-state index is 12.5. The number of para-hydroxylation sites is 1. The van der Waals surface area contributed by atoms with Crippen LogP contribution in [0, 0.1) is 3.57 Å². The van der Waals surface area contributed by atoms with Crippen molar-refractivity contribution in [2.75, 3.05) is 0 Å². The van der Waals surface area contributed by atoms with Crippen LogP contribution in [0.15, 0.2) is 42.5 Å². The molecule has 0 bridgehead atoms. The Morgan fingerprint density at radius 2 is 1.72 bits per heavy atom. The van der Waals surface area contributed by atoms with Crippen molar-refractivity contribution in [2.24, 2.45) is 0 Å². The third-order valence-corrected chi connectivity index (χ3v) is 2.96. The van der Waals surface area contributed by atoms with E-state index in [2.05, 4.69) is 4.98 Å².